The third-order valence-electron chi connectivity index (χ3n) is 3.81. The molecular weight excluding hydrogens is 447 g/mol. The molecule has 0 aromatic carbocycles. The van der Waals surface area contributed by atoms with E-state index in [0.717, 1.165) is 54.8 Å². The third kappa shape index (κ3) is 6.93. The predicted molar refractivity (Wildman–Crippen MR) is 116 cm³/mol. The van der Waals surface area contributed by atoms with Gasteiger partial charge < -0.3 is 10.6 Å². The first kappa shape index (κ1) is 21.9. The molecule has 2 N–H and O–H groups in total. The predicted octanol–water partition coefficient (Wildman–Crippen LogP) is 2.99. The highest BCUT2D eigenvalue weighted by atomic mass is 127. The van der Waals surface area contributed by atoms with Crippen molar-refractivity contribution >= 4 is 41.3 Å². The Hall–Kier alpha value is -1.16. The molecule has 2 rings (SSSR count). The van der Waals surface area contributed by atoms with Crippen LogP contribution in [0.3, 0.4) is 0 Å². The largest absolute Gasteiger partial charge is 0.356 e. The zero-order valence-corrected chi connectivity index (χ0v) is 18.9. The lowest BCUT2D eigenvalue weighted by Gasteiger charge is -2.12. The van der Waals surface area contributed by atoms with Gasteiger partial charge in [0, 0.05) is 43.7 Å². The first-order valence-corrected chi connectivity index (χ1v) is 9.19. The second kappa shape index (κ2) is 10.7. The number of nitrogens with one attached hydrogen (secondary N) is 2. The molecule has 0 bridgehead atoms. The van der Waals surface area contributed by atoms with Gasteiger partial charge in [-0.25, -0.2) is 4.98 Å². The molecule has 0 saturated heterocycles. The Morgan fingerprint density at radius 2 is 1.92 bits per heavy atom. The van der Waals surface area contributed by atoms with E-state index in [4.69, 9.17) is 0 Å². The van der Waals surface area contributed by atoms with Crippen molar-refractivity contribution < 1.29 is 0 Å². The number of aryl methyl sites for hydroxylation is 5. The summed E-state index contributed by atoms with van der Waals surface area (Å²) >= 11 is 1.77. The van der Waals surface area contributed by atoms with E-state index >= 15 is 0 Å². The van der Waals surface area contributed by atoms with Crippen LogP contribution in [-0.4, -0.2) is 40.9 Å². The fourth-order valence-electron chi connectivity index (χ4n) is 2.66. The van der Waals surface area contributed by atoms with Crippen molar-refractivity contribution in [2.75, 3.05) is 20.1 Å². The summed E-state index contributed by atoms with van der Waals surface area (Å²) < 4.78 is 2.06. The number of rotatable bonds is 7. The van der Waals surface area contributed by atoms with Gasteiger partial charge in [-0.3, -0.25) is 9.67 Å². The third-order valence-corrected chi connectivity index (χ3v) is 4.94. The monoisotopic (exact) mass is 476 g/mol. The number of guanidine groups is 1. The van der Waals surface area contributed by atoms with Crippen molar-refractivity contribution in [3.8, 4) is 0 Å². The van der Waals surface area contributed by atoms with Crippen LogP contribution in [-0.2, 0) is 13.0 Å². The number of aliphatic imine (C=N–C) groups is 1. The minimum atomic E-state index is 0. The SMILES string of the molecule is CN=C(NCCCn1nc(C)cc1C)NCCc1sc(C)nc1C.I. The van der Waals surface area contributed by atoms with Crippen LogP contribution < -0.4 is 10.6 Å². The Morgan fingerprint density at radius 3 is 2.48 bits per heavy atom. The summed E-state index contributed by atoms with van der Waals surface area (Å²) in [5.74, 6) is 0.849. The molecule has 0 amide bonds. The lowest BCUT2D eigenvalue weighted by Crippen LogP contribution is -2.39. The number of halogens is 1. The van der Waals surface area contributed by atoms with Crippen molar-refractivity contribution in [2.45, 2.75) is 47.1 Å². The summed E-state index contributed by atoms with van der Waals surface area (Å²) in [5.41, 5.74) is 3.43. The van der Waals surface area contributed by atoms with Gasteiger partial charge in [0.25, 0.3) is 0 Å². The molecule has 2 aromatic heterocycles. The molecule has 2 aromatic rings. The second-order valence-corrected chi connectivity index (χ2v) is 7.21. The normalized spacial score (nSPS) is 11.3. The van der Waals surface area contributed by atoms with E-state index in [1.807, 2.05) is 6.92 Å². The molecule has 0 aliphatic rings. The second-order valence-electron chi connectivity index (χ2n) is 5.92. The molecule has 0 unspecified atom stereocenters. The van der Waals surface area contributed by atoms with Crippen LogP contribution in [0.1, 0.15) is 33.4 Å². The Balaban J connectivity index is 0.00000312. The summed E-state index contributed by atoms with van der Waals surface area (Å²) in [7, 11) is 1.80. The number of thiazole rings is 1. The lowest BCUT2D eigenvalue weighted by molar-refractivity contribution is 0.555. The van der Waals surface area contributed by atoms with Crippen molar-refractivity contribution in [3.63, 3.8) is 0 Å². The van der Waals surface area contributed by atoms with Crippen LogP contribution in [0, 0.1) is 27.7 Å². The van der Waals surface area contributed by atoms with E-state index in [1.54, 1.807) is 18.4 Å². The summed E-state index contributed by atoms with van der Waals surface area (Å²) in [6.45, 7) is 10.9. The van der Waals surface area contributed by atoms with E-state index in [9.17, 15) is 0 Å². The summed E-state index contributed by atoms with van der Waals surface area (Å²) in [5, 5.41) is 12.3. The number of hydrogen-bond donors (Lipinski definition) is 2. The van der Waals surface area contributed by atoms with Gasteiger partial charge in [0.2, 0.25) is 0 Å². The maximum atomic E-state index is 4.48. The molecular formula is C17H29IN6S. The van der Waals surface area contributed by atoms with Crippen molar-refractivity contribution in [1.29, 1.82) is 0 Å². The fraction of sp³-hybridized carbons (Fsp3) is 0.588. The van der Waals surface area contributed by atoms with E-state index in [-0.39, 0.29) is 24.0 Å². The van der Waals surface area contributed by atoms with Gasteiger partial charge in [0.05, 0.1) is 16.4 Å². The average Bonchev–Trinajstić information content (AvgIpc) is 3.02. The van der Waals surface area contributed by atoms with Crippen molar-refractivity contribution in [3.05, 3.63) is 33.0 Å². The first-order valence-electron chi connectivity index (χ1n) is 8.38. The van der Waals surface area contributed by atoms with Crippen molar-refractivity contribution in [1.82, 2.24) is 25.4 Å². The number of hydrogen-bond acceptors (Lipinski definition) is 4. The van der Waals surface area contributed by atoms with Gasteiger partial charge in [-0.2, -0.15) is 5.10 Å². The van der Waals surface area contributed by atoms with Gasteiger partial charge in [0.15, 0.2) is 5.96 Å². The highest BCUT2D eigenvalue weighted by Gasteiger charge is 2.05. The zero-order valence-electron chi connectivity index (χ0n) is 15.7. The van der Waals surface area contributed by atoms with Crippen LogP contribution in [0.15, 0.2) is 11.1 Å². The minimum absolute atomic E-state index is 0. The molecule has 0 radical (unpaired) electrons. The molecule has 0 saturated carbocycles. The van der Waals surface area contributed by atoms with E-state index < -0.39 is 0 Å². The maximum absolute atomic E-state index is 4.48. The Morgan fingerprint density at radius 1 is 1.20 bits per heavy atom. The topological polar surface area (TPSA) is 67.1 Å². The van der Waals surface area contributed by atoms with E-state index in [0.29, 0.717) is 0 Å². The van der Waals surface area contributed by atoms with Crippen molar-refractivity contribution in [2.24, 2.45) is 4.99 Å². The van der Waals surface area contributed by atoms with Crippen LogP contribution in [0.4, 0.5) is 0 Å². The molecule has 8 heteroatoms. The van der Waals surface area contributed by atoms with Crippen LogP contribution in [0.2, 0.25) is 0 Å². The Kier molecular flexibility index (Phi) is 9.41. The molecule has 25 heavy (non-hydrogen) atoms. The van der Waals surface area contributed by atoms with Gasteiger partial charge in [-0.1, -0.05) is 0 Å². The molecule has 0 aliphatic carbocycles. The molecule has 2 heterocycles. The quantitative estimate of drug-likeness (QED) is 0.279. The molecule has 0 spiro atoms. The molecule has 0 atom stereocenters. The van der Waals surface area contributed by atoms with Crippen LogP contribution >= 0.6 is 35.3 Å². The van der Waals surface area contributed by atoms with E-state index in [2.05, 4.69) is 57.2 Å². The first-order chi connectivity index (χ1) is 11.5. The molecule has 6 nitrogen and oxygen atoms in total. The number of nitrogens with zero attached hydrogens (tertiary/aromatic N) is 4. The van der Waals surface area contributed by atoms with Gasteiger partial charge in [-0.15, -0.1) is 35.3 Å². The van der Waals surface area contributed by atoms with Crippen LogP contribution in [0.25, 0.3) is 0 Å². The molecule has 140 valence electrons. The van der Waals surface area contributed by atoms with Gasteiger partial charge in [-0.05, 0) is 40.2 Å². The smallest absolute Gasteiger partial charge is 0.190 e. The Labute approximate surface area is 171 Å². The minimum Gasteiger partial charge on any atom is -0.356 e. The van der Waals surface area contributed by atoms with Crippen LogP contribution in [0.5, 0.6) is 0 Å². The standard InChI is InChI=1S/C17H28N6S.HI/c1-12-11-13(2)23(22-12)10-6-8-19-17(18-5)20-9-7-16-14(3)21-15(4)24-16;/h11H,6-10H2,1-5H3,(H2,18,19,20);1H. The average molecular weight is 476 g/mol. The highest BCUT2D eigenvalue weighted by Crippen LogP contribution is 2.16. The summed E-state index contributed by atoms with van der Waals surface area (Å²) in [4.78, 5) is 10.1. The summed E-state index contributed by atoms with van der Waals surface area (Å²) in [6, 6.07) is 2.11. The molecule has 0 aliphatic heterocycles. The lowest BCUT2D eigenvalue weighted by atomic mass is 10.3. The number of aromatic nitrogens is 3. The highest BCUT2D eigenvalue weighted by molar-refractivity contribution is 14.0. The van der Waals surface area contributed by atoms with Gasteiger partial charge in [0.1, 0.15) is 0 Å². The maximum Gasteiger partial charge on any atom is 0.190 e. The summed E-state index contributed by atoms with van der Waals surface area (Å²) in [6.07, 6.45) is 1.99. The fourth-order valence-corrected chi connectivity index (χ4v) is 3.59. The van der Waals surface area contributed by atoms with Gasteiger partial charge >= 0.3 is 0 Å². The zero-order chi connectivity index (χ0) is 17.5. The molecule has 0 fully saturated rings. The Bertz CT molecular complexity index is 691. The van der Waals surface area contributed by atoms with E-state index in [1.165, 1.54) is 10.6 Å².